The number of aromatic nitrogens is 1. The zero-order valence-corrected chi connectivity index (χ0v) is 7.01. The van der Waals surface area contributed by atoms with E-state index in [9.17, 15) is 25.0 Å². The Kier molecular flexibility index (Phi) is 2.28. The molecule has 0 amide bonds. The molecule has 74 valence electrons. The van der Waals surface area contributed by atoms with Gasteiger partial charge in [-0.1, -0.05) is 0 Å². The summed E-state index contributed by atoms with van der Waals surface area (Å²) in [5, 5.41) is 20.7. The third-order valence-electron chi connectivity index (χ3n) is 1.67. The van der Waals surface area contributed by atoms with Crippen LogP contribution in [0.1, 0.15) is 5.56 Å². The molecule has 0 unspecified atom stereocenters. The summed E-state index contributed by atoms with van der Waals surface area (Å²) in [6.07, 6.45) is 0.838. The highest BCUT2D eigenvalue weighted by Gasteiger charge is 2.24. The van der Waals surface area contributed by atoms with Crippen molar-refractivity contribution in [2.24, 2.45) is 0 Å². The Morgan fingerprint density at radius 2 is 1.86 bits per heavy atom. The summed E-state index contributed by atoms with van der Waals surface area (Å²) >= 11 is 0. The Labute approximate surface area is 76.5 Å². The lowest BCUT2D eigenvalue weighted by Gasteiger charge is -1.96. The molecule has 0 bridgehead atoms. The van der Waals surface area contributed by atoms with Crippen LogP contribution in [0.4, 0.5) is 11.4 Å². The average Bonchev–Trinajstić information content (AvgIpc) is 2.02. The van der Waals surface area contributed by atoms with Crippen LogP contribution in [-0.4, -0.2) is 14.8 Å². The van der Waals surface area contributed by atoms with Crippen LogP contribution in [0.15, 0.2) is 11.0 Å². The van der Waals surface area contributed by atoms with E-state index in [4.69, 9.17) is 0 Å². The molecule has 1 aromatic rings. The van der Waals surface area contributed by atoms with Gasteiger partial charge in [0.05, 0.1) is 16.0 Å². The van der Waals surface area contributed by atoms with Gasteiger partial charge in [0, 0.05) is 0 Å². The zero-order chi connectivity index (χ0) is 10.9. The van der Waals surface area contributed by atoms with Crippen molar-refractivity contribution in [3.8, 4) is 0 Å². The highest BCUT2D eigenvalue weighted by molar-refractivity contribution is 5.49. The van der Waals surface area contributed by atoms with Crippen molar-refractivity contribution in [3.05, 3.63) is 42.3 Å². The van der Waals surface area contributed by atoms with Gasteiger partial charge in [-0.25, -0.2) is 0 Å². The second-order valence-corrected chi connectivity index (χ2v) is 2.49. The number of nitro groups is 2. The lowest BCUT2D eigenvalue weighted by atomic mass is 10.2. The molecular formula is C6H5N3O5. The van der Waals surface area contributed by atoms with Crippen LogP contribution >= 0.6 is 0 Å². The minimum atomic E-state index is -0.946. The van der Waals surface area contributed by atoms with E-state index in [1.807, 2.05) is 4.98 Å². The maximum atomic E-state index is 10.9. The first-order chi connectivity index (χ1) is 6.45. The molecule has 0 radical (unpaired) electrons. The summed E-state index contributed by atoms with van der Waals surface area (Å²) in [6, 6.07) is 0. The van der Waals surface area contributed by atoms with E-state index in [0.717, 1.165) is 13.1 Å². The first-order valence-electron chi connectivity index (χ1n) is 3.46. The van der Waals surface area contributed by atoms with Gasteiger partial charge < -0.3 is 4.98 Å². The molecule has 1 heterocycles. The number of H-pyrrole nitrogens is 1. The van der Waals surface area contributed by atoms with E-state index >= 15 is 0 Å². The summed E-state index contributed by atoms with van der Waals surface area (Å²) in [4.78, 5) is 31.9. The number of aromatic amines is 1. The Bertz CT molecular complexity index is 463. The van der Waals surface area contributed by atoms with Gasteiger partial charge >= 0.3 is 11.2 Å². The number of hydrogen-bond donors (Lipinski definition) is 1. The Morgan fingerprint density at radius 1 is 1.29 bits per heavy atom. The zero-order valence-electron chi connectivity index (χ0n) is 7.01. The van der Waals surface area contributed by atoms with E-state index < -0.39 is 26.8 Å². The van der Waals surface area contributed by atoms with Crippen molar-refractivity contribution in [1.82, 2.24) is 4.98 Å². The molecule has 1 N–H and O–H groups in total. The lowest BCUT2D eigenvalue weighted by Crippen LogP contribution is -2.14. The van der Waals surface area contributed by atoms with Gasteiger partial charge in [-0.05, 0) is 6.92 Å². The first-order valence-corrected chi connectivity index (χ1v) is 3.46. The monoisotopic (exact) mass is 199 g/mol. The van der Waals surface area contributed by atoms with E-state index in [1.165, 1.54) is 0 Å². The molecule has 8 heteroatoms. The second kappa shape index (κ2) is 3.24. The minimum Gasteiger partial charge on any atom is -0.317 e. The predicted molar refractivity (Wildman–Crippen MR) is 45.1 cm³/mol. The third-order valence-corrected chi connectivity index (χ3v) is 1.67. The van der Waals surface area contributed by atoms with Crippen molar-refractivity contribution in [3.63, 3.8) is 0 Å². The molecule has 0 aliphatic rings. The maximum Gasteiger partial charge on any atom is 0.343 e. The van der Waals surface area contributed by atoms with Gasteiger partial charge in [-0.2, -0.15) is 0 Å². The number of hydrogen-bond acceptors (Lipinski definition) is 5. The van der Waals surface area contributed by atoms with Crippen LogP contribution in [0.3, 0.4) is 0 Å². The van der Waals surface area contributed by atoms with Crippen LogP contribution in [0.25, 0.3) is 0 Å². The molecule has 1 aromatic heterocycles. The normalized spacial score (nSPS) is 9.79. The molecule has 0 fully saturated rings. The van der Waals surface area contributed by atoms with Gasteiger partial charge in [0.2, 0.25) is 0 Å². The second-order valence-electron chi connectivity index (χ2n) is 2.49. The van der Waals surface area contributed by atoms with Gasteiger partial charge in [-0.15, -0.1) is 0 Å². The molecule has 8 nitrogen and oxygen atoms in total. The molecule has 0 aliphatic carbocycles. The molecular weight excluding hydrogens is 194 g/mol. The summed E-state index contributed by atoms with van der Waals surface area (Å²) < 4.78 is 0. The smallest absolute Gasteiger partial charge is 0.317 e. The third kappa shape index (κ3) is 1.44. The van der Waals surface area contributed by atoms with Gasteiger partial charge in [0.25, 0.3) is 5.69 Å². The van der Waals surface area contributed by atoms with E-state index in [0.29, 0.717) is 0 Å². The van der Waals surface area contributed by atoms with Crippen molar-refractivity contribution in [2.45, 2.75) is 6.92 Å². The van der Waals surface area contributed by atoms with Gasteiger partial charge in [0.15, 0.2) is 0 Å². The number of pyridine rings is 1. The van der Waals surface area contributed by atoms with Crippen LogP contribution in [0, 0.1) is 27.2 Å². The molecule has 0 saturated heterocycles. The van der Waals surface area contributed by atoms with Crippen LogP contribution < -0.4 is 5.56 Å². The Morgan fingerprint density at radius 3 is 2.29 bits per heavy atom. The van der Waals surface area contributed by atoms with Crippen molar-refractivity contribution in [1.29, 1.82) is 0 Å². The fourth-order valence-corrected chi connectivity index (χ4v) is 1.01. The molecule has 0 atom stereocenters. The standard InChI is InChI=1S/C6H5N3O5/c1-3-4(8(11)12)2-7-6(10)5(3)9(13)14/h2H,1H3,(H,7,10). The molecule has 1 rings (SSSR count). The molecule has 0 aliphatic heterocycles. The van der Waals surface area contributed by atoms with Crippen LogP contribution in [0.2, 0.25) is 0 Å². The first kappa shape index (κ1) is 9.84. The molecule has 0 spiro atoms. The minimum absolute atomic E-state index is 0.247. The highest BCUT2D eigenvalue weighted by Crippen LogP contribution is 2.21. The summed E-state index contributed by atoms with van der Waals surface area (Å²) in [6.45, 7) is 1.16. The number of rotatable bonds is 2. The van der Waals surface area contributed by atoms with Crippen LogP contribution in [-0.2, 0) is 0 Å². The van der Waals surface area contributed by atoms with Crippen molar-refractivity contribution < 1.29 is 9.85 Å². The van der Waals surface area contributed by atoms with Crippen LogP contribution in [0.5, 0.6) is 0 Å². The summed E-state index contributed by atoms with van der Waals surface area (Å²) in [5.41, 5.74) is -2.46. The van der Waals surface area contributed by atoms with Gasteiger partial charge in [-0.3, -0.25) is 25.0 Å². The fraction of sp³-hybridized carbons (Fsp3) is 0.167. The summed E-state index contributed by atoms with van der Waals surface area (Å²) in [7, 11) is 0. The maximum absolute atomic E-state index is 10.9. The largest absolute Gasteiger partial charge is 0.343 e. The lowest BCUT2D eigenvalue weighted by molar-refractivity contribution is -0.396. The predicted octanol–water partition coefficient (Wildman–Crippen LogP) is 0.500. The fourth-order valence-electron chi connectivity index (χ4n) is 1.01. The number of nitrogens with zero attached hydrogens (tertiary/aromatic N) is 2. The average molecular weight is 199 g/mol. The van der Waals surface area contributed by atoms with Crippen molar-refractivity contribution >= 4 is 11.4 Å². The number of nitrogens with one attached hydrogen (secondary N) is 1. The highest BCUT2D eigenvalue weighted by atomic mass is 16.6. The van der Waals surface area contributed by atoms with E-state index in [1.54, 1.807) is 0 Å². The quantitative estimate of drug-likeness (QED) is 0.549. The molecule has 14 heavy (non-hydrogen) atoms. The topological polar surface area (TPSA) is 119 Å². The Balaban J connectivity index is 3.57. The SMILES string of the molecule is Cc1c([N+](=O)[O-])c[nH]c(=O)c1[N+](=O)[O-]. The molecule has 0 saturated carbocycles. The molecule has 0 aromatic carbocycles. The summed E-state index contributed by atoms with van der Waals surface area (Å²) in [5.74, 6) is 0. The Hall–Kier alpha value is -2.25. The van der Waals surface area contributed by atoms with Crippen molar-refractivity contribution in [2.75, 3.05) is 0 Å². The van der Waals surface area contributed by atoms with E-state index in [2.05, 4.69) is 0 Å². The van der Waals surface area contributed by atoms with Gasteiger partial charge in [0.1, 0.15) is 5.56 Å². The van der Waals surface area contributed by atoms with E-state index in [-0.39, 0.29) is 5.56 Å².